The first-order valence-corrected chi connectivity index (χ1v) is 5.46. The van der Waals surface area contributed by atoms with Crippen molar-refractivity contribution >= 4 is 5.91 Å². The molecule has 8 heteroatoms. The van der Waals surface area contributed by atoms with Gasteiger partial charge in [-0.3, -0.25) is 4.79 Å². The Hall–Kier alpha value is -1.70. The first kappa shape index (κ1) is 16.4. The number of hydrogen-bond donors (Lipinski definition) is 1. The highest BCUT2D eigenvalue weighted by molar-refractivity contribution is 5.95. The van der Waals surface area contributed by atoms with Crippen LogP contribution in [0.3, 0.4) is 0 Å². The topological polar surface area (TPSA) is 40.5 Å². The van der Waals surface area contributed by atoms with Crippen LogP contribution in [0, 0.1) is 29.1 Å². The normalized spacial score (nSPS) is 11.7. The molecule has 3 nitrogen and oxygen atoms in total. The van der Waals surface area contributed by atoms with E-state index in [-0.39, 0.29) is 0 Å². The summed E-state index contributed by atoms with van der Waals surface area (Å²) in [6, 6.07) is 0. The van der Waals surface area contributed by atoms with Crippen LogP contribution in [0.15, 0.2) is 0 Å². The second-order valence-corrected chi connectivity index (χ2v) is 4.78. The summed E-state index contributed by atoms with van der Waals surface area (Å²) in [5, 5.41) is 9.06. The molecule has 0 fully saturated rings. The molecule has 20 heavy (non-hydrogen) atoms. The number of halogens is 5. The van der Waals surface area contributed by atoms with Crippen molar-refractivity contribution in [3.8, 4) is 0 Å². The number of carbonyl (C=O) groups excluding carboxylic acids is 1. The van der Waals surface area contributed by atoms with Crippen LogP contribution < -0.4 is 0 Å². The summed E-state index contributed by atoms with van der Waals surface area (Å²) >= 11 is 0. The van der Waals surface area contributed by atoms with E-state index >= 15 is 0 Å². The molecule has 1 aromatic rings. The number of benzene rings is 1. The minimum absolute atomic E-state index is 0.565. The van der Waals surface area contributed by atoms with Gasteiger partial charge in [0.05, 0.1) is 12.1 Å². The molecule has 0 aromatic heterocycles. The molecule has 112 valence electrons. The molecule has 0 saturated carbocycles. The summed E-state index contributed by atoms with van der Waals surface area (Å²) in [7, 11) is 1.08. The third-order valence-electron chi connectivity index (χ3n) is 3.02. The van der Waals surface area contributed by atoms with Crippen LogP contribution in [0.2, 0.25) is 0 Å². The van der Waals surface area contributed by atoms with Gasteiger partial charge < -0.3 is 10.0 Å². The molecule has 1 aromatic carbocycles. The van der Waals surface area contributed by atoms with E-state index in [1.54, 1.807) is 0 Å². The molecule has 0 saturated heterocycles. The molecule has 0 spiro atoms. The van der Waals surface area contributed by atoms with Gasteiger partial charge >= 0.3 is 0 Å². The number of amides is 1. The third kappa shape index (κ3) is 2.47. The molecule has 1 amide bonds. The summed E-state index contributed by atoms with van der Waals surface area (Å²) in [4.78, 5) is 12.6. The summed E-state index contributed by atoms with van der Waals surface area (Å²) in [5.41, 5.74) is -2.79. The minimum Gasteiger partial charge on any atom is -0.394 e. The van der Waals surface area contributed by atoms with Crippen molar-refractivity contribution in [2.45, 2.75) is 19.4 Å². The van der Waals surface area contributed by atoms with Crippen molar-refractivity contribution in [2.75, 3.05) is 13.7 Å². The van der Waals surface area contributed by atoms with Crippen LogP contribution >= 0.6 is 0 Å². The Morgan fingerprint density at radius 1 is 1.00 bits per heavy atom. The first-order chi connectivity index (χ1) is 9.06. The maximum absolute atomic E-state index is 13.5. The fraction of sp³-hybridized carbons (Fsp3) is 0.417. The molecule has 1 N–H and O–H groups in total. The van der Waals surface area contributed by atoms with Crippen molar-refractivity contribution in [3.05, 3.63) is 34.6 Å². The number of hydrogen-bond acceptors (Lipinski definition) is 2. The lowest BCUT2D eigenvalue weighted by atomic mass is 10.0. The Bertz CT molecular complexity index is 530. The van der Waals surface area contributed by atoms with E-state index in [4.69, 9.17) is 5.11 Å². The summed E-state index contributed by atoms with van der Waals surface area (Å²) in [5.74, 6) is -12.5. The summed E-state index contributed by atoms with van der Waals surface area (Å²) in [6.07, 6.45) is 0. The van der Waals surface area contributed by atoms with E-state index in [1.165, 1.54) is 13.8 Å². The second kappa shape index (κ2) is 5.35. The molecule has 0 aliphatic rings. The number of nitrogens with zero attached hydrogens (tertiary/aromatic N) is 1. The highest BCUT2D eigenvalue weighted by Crippen LogP contribution is 2.25. The minimum atomic E-state index is -2.33. The first-order valence-electron chi connectivity index (χ1n) is 5.46. The average Bonchev–Trinajstić information content (AvgIpc) is 2.42. The van der Waals surface area contributed by atoms with E-state index in [1.807, 2.05) is 0 Å². The van der Waals surface area contributed by atoms with Gasteiger partial charge in [0.25, 0.3) is 5.91 Å². The number of rotatable bonds is 3. The molecule has 0 heterocycles. The number of aliphatic hydroxyl groups is 1. The van der Waals surface area contributed by atoms with E-state index in [0.29, 0.717) is 4.90 Å². The van der Waals surface area contributed by atoms with Crippen molar-refractivity contribution in [3.63, 3.8) is 0 Å². The molecule has 0 aliphatic carbocycles. The SMILES string of the molecule is CN(C(=O)c1c(F)c(F)c(F)c(F)c1F)C(C)(C)CO. The number of aliphatic hydroxyl groups excluding tert-OH is 1. The zero-order valence-corrected chi connectivity index (χ0v) is 10.9. The lowest BCUT2D eigenvalue weighted by Crippen LogP contribution is -2.48. The van der Waals surface area contributed by atoms with Crippen LogP contribution in [0.1, 0.15) is 24.2 Å². The van der Waals surface area contributed by atoms with Gasteiger partial charge in [-0.15, -0.1) is 0 Å². The standard InChI is InChI=1S/C12H12F5NO2/c1-12(2,4-19)18(3)11(20)5-6(13)8(15)10(17)9(16)7(5)14/h19H,4H2,1-3H3. The Balaban J connectivity index is 3.45. The van der Waals surface area contributed by atoms with Gasteiger partial charge in [0.2, 0.25) is 5.82 Å². The van der Waals surface area contributed by atoms with Crippen LogP contribution in [-0.4, -0.2) is 35.1 Å². The lowest BCUT2D eigenvalue weighted by molar-refractivity contribution is 0.0461. The van der Waals surface area contributed by atoms with Gasteiger partial charge in [-0.05, 0) is 13.8 Å². The quantitative estimate of drug-likeness (QED) is 0.528. The molecule has 0 radical (unpaired) electrons. The van der Waals surface area contributed by atoms with E-state index < -0.39 is 52.7 Å². The van der Waals surface area contributed by atoms with Gasteiger partial charge in [-0.1, -0.05) is 0 Å². The zero-order valence-electron chi connectivity index (χ0n) is 10.9. The molecule has 0 bridgehead atoms. The Labute approximate surface area is 111 Å². The zero-order chi connectivity index (χ0) is 15.8. The van der Waals surface area contributed by atoms with E-state index in [2.05, 4.69) is 0 Å². The highest BCUT2D eigenvalue weighted by Gasteiger charge is 2.35. The fourth-order valence-electron chi connectivity index (χ4n) is 1.34. The van der Waals surface area contributed by atoms with E-state index in [0.717, 1.165) is 7.05 Å². The van der Waals surface area contributed by atoms with Crippen molar-refractivity contribution in [1.29, 1.82) is 0 Å². The molecular formula is C12H12F5NO2. The van der Waals surface area contributed by atoms with E-state index in [9.17, 15) is 26.7 Å². The summed E-state index contributed by atoms with van der Waals surface area (Å²) < 4.78 is 65.9. The van der Waals surface area contributed by atoms with Gasteiger partial charge in [-0.25, -0.2) is 22.0 Å². The molecule has 0 unspecified atom stereocenters. The smallest absolute Gasteiger partial charge is 0.260 e. The summed E-state index contributed by atoms with van der Waals surface area (Å²) in [6.45, 7) is 2.15. The Morgan fingerprint density at radius 3 is 1.70 bits per heavy atom. The average molecular weight is 297 g/mol. The largest absolute Gasteiger partial charge is 0.394 e. The van der Waals surface area contributed by atoms with Gasteiger partial charge in [0.15, 0.2) is 23.3 Å². The van der Waals surface area contributed by atoms with Crippen molar-refractivity contribution < 1.29 is 31.9 Å². The predicted molar refractivity (Wildman–Crippen MR) is 59.5 cm³/mol. The van der Waals surface area contributed by atoms with Gasteiger partial charge in [0.1, 0.15) is 5.56 Å². The Kier molecular flexibility index (Phi) is 4.38. The maximum Gasteiger partial charge on any atom is 0.260 e. The second-order valence-electron chi connectivity index (χ2n) is 4.78. The monoisotopic (exact) mass is 297 g/mol. The lowest BCUT2D eigenvalue weighted by Gasteiger charge is -2.34. The maximum atomic E-state index is 13.5. The molecule has 1 rings (SSSR count). The molecule has 0 atom stereocenters. The Morgan fingerprint density at radius 2 is 1.35 bits per heavy atom. The van der Waals surface area contributed by atoms with Crippen LogP contribution in [0.5, 0.6) is 0 Å². The van der Waals surface area contributed by atoms with Crippen LogP contribution in [0.25, 0.3) is 0 Å². The number of likely N-dealkylation sites (N-methyl/N-ethyl adjacent to an activating group) is 1. The van der Waals surface area contributed by atoms with Gasteiger partial charge in [0, 0.05) is 7.05 Å². The molecule has 0 aliphatic heterocycles. The van der Waals surface area contributed by atoms with Crippen molar-refractivity contribution in [1.82, 2.24) is 4.90 Å². The highest BCUT2D eigenvalue weighted by atomic mass is 19.2. The van der Waals surface area contributed by atoms with Crippen LogP contribution in [0.4, 0.5) is 22.0 Å². The predicted octanol–water partition coefficient (Wildman–Crippen LogP) is 2.23. The fourth-order valence-corrected chi connectivity index (χ4v) is 1.34. The van der Waals surface area contributed by atoms with Crippen LogP contribution in [-0.2, 0) is 0 Å². The van der Waals surface area contributed by atoms with Crippen molar-refractivity contribution in [2.24, 2.45) is 0 Å². The van der Waals surface area contributed by atoms with Gasteiger partial charge in [-0.2, -0.15) is 0 Å². The number of carbonyl (C=O) groups is 1. The third-order valence-corrected chi connectivity index (χ3v) is 3.02. The molecular weight excluding hydrogens is 285 g/mol.